The van der Waals surface area contributed by atoms with Crippen LogP contribution in [0.1, 0.15) is 17.6 Å². The van der Waals surface area contributed by atoms with Gasteiger partial charge in [-0.3, -0.25) is 9.78 Å². The minimum absolute atomic E-state index is 0. The molecule has 3 unspecified atom stereocenters. The number of nitrogen functional groups attached to an aromatic ring is 1. The van der Waals surface area contributed by atoms with E-state index in [1.165, 1.54) is 10.9 Å². The van der Waals surface area contributed by atoms with E-state index in [0.717, 1.165) is 0 Å². The number of aromatic nitrogens is 4. The van der Waals surface area contributed by atoms with Gasteiger partial charge in [-0.05, 0) is 12.0 Å². The summed E-state index contributed by atoms with van der Waals surface area (Å²) < 4.78 is 13.4. The average Bonchev–Trinajstić information content (AvgIpc) is 3.01. The molecule has 144 valence electrons. The number of hydrogen-bond donors (Lipinski definition) is 4. The number of nitrogens with two attached hydrogens (primary N) is 1. The molecule has 0 amide bonds. The van der Waals surface area contributed by atoms with Gasteiger partial charge in [-0.1, -0.05) is 30.3 Å². The molecule has 0 radical (unpaired) electrons. The van der Waals surface area contributed by atoms with E-state index in [9.17, 15) is 24.3 Å². The van der Waals surface area contributed by atoms with Crippen LogP contribution in [0.2, 0.25) is 0 Å². The van der Waals surface area contributed by atoms with Crippen molar-refractivity contribution >= 4 is 24.7 Å². The Balaban J connectivity index is 0.00000280. The van der Waals surface area contributed by atoms with Crippen LogP contribution in [0, 0.1) is 5.92 Å². The van der Waals surface area contributed by atoms with Crippen LogP contribution in [0.5, 0.6) is 0 Å². The van der Waals surface area contributed by atoms with E-state index >= 15 is 0 Å². The summed E-state index contributed by atoms with van der Waals surface area (Å²) in [6.07, 6.45) is 1.36. The molecule has 0 saturated heterocycles. The Labute approximate surface area is 182 Å². The number of rotatable bonds is 7. The minimum atomic E-state index is -4.70. The number of nitrogens with zero attached hydrogens (tertiary/aromatic N) is 3. The van der Waals surface area contributed by atoms with Gasteiger partial charge < -0.3 is 29.8 Å². The van der Waals surface area contributed by atoms with Gasteiger partial charge >= 0.3 is 29.6 Å². The van der Waals surface area contributed by atoms with Gasteiger partial charge in [0, 0.05) is 24.7 Å². The van der Waals surface area contributed by atoms with Crippen molar-refractivity contribution in [2.45, 2.75) is 18.6 Å². The summed E-state index contributed by atoms with van der Waals surface area (Å²) in [5.74, 6) is -0.610. The molecule has 2 heterocycles. The summed E-state index contributed by atoms with van der Waals surface area (Å²) in [4.78, 5) is 43.8. The minimum Gasteiger partial charge on any atom is -0.778 e. The van der Waals surface area contributed by atoms with E-state index in [1.807, 2.05) is 0 Å². The SMILES string of the molecule is Nc1nc2c(ncn2CC(CO)CC(c2ccccc2)P(=O)([O-])O)c(=O)[nH]1.[Na+]. The summed E-state index contributed by atoms with van der Waals surface area (Å²) in [5.41, 5.74) is 4.68. The fourth-order valence-corrected chi connectivity index (χ4v) is 4.15. The number of imidazole rings is 1. The number of benzene rings is 1. The molecule has 1 aromatic carbocycles. The molecule has 3 aromatic rings. The first-order valence-corrected chi connectivity index (χ1v) is 9.84. The van der Waals surface area contributed by atoms with Crippen LogP contribution >= 0.6 is 7.60 Å². The van der Waals surface area contributed by atoms with Crippen molar-refractivity contribution in [2.75, 3.05) is 12.3 Å². The van der Waals surface area contributed by atoms with E-state index in [-0.39, 0.29) is 66.2 Å². The third-order valence-electron chi connectivity index (χ3n) is 4.34. The number of fused-ring (bicyclic) bond motifs is 1. The Hall–Kier alpha value is -1.52. The van der Waals surface area contributed by atoms with Crippen LogP contribution in [-0.4, -0.2) is 36.1 Å². The van der Waals surface area contributed by atoms with Crippen LogP contribution in [0.3, 0.4) is 0 Å². The van der Waals surface area contributed by atoms with E-state index in [4.69, 9.17) is 5.73 Å². The molecule has 0 aliphatic rings. The van der Waals surface area contributed by atoms with Gasteiger partial charge in [0.15, 0.2) is 11.2 Å². The van der Waals surface area contributed by atoms with Crippen molar-refractivity contribution in [2.24, 2.45) is 5.92 Å². The number of nitrogens with one attached hydrogen (secondary N) is 1. The van der Waals surface area contributed by atoms with Gasteiger partial charge in [-0.25, -0.2) is 4.98 Å². The number of aliphatic hydroxyl groups is 1. The third-order valence-corrected chi connectivity index (χ3v) is 5.64. The maximum Gasteiger partial charge on any atom is 1.00 e. The molecular weight excluding hydrogens is 396 g/mol. The van der Waals surface area contributed by atoms with Crippen molar-refractivity contribution in [1.82, 2.24) is 19.5 Å². The first kappa shape index (κ1) is 22.8. The summed E-state index contributed by atoms with van der Waals surface area (Å²) in [6, 6.07) is 8.30. The van der Waals surface area contributed by atoms with E-state index in [2.05, 4.69) is 15.0 Å². The third kappa shape index (κ3) is 5.09. The van der Waals surface area contributed by atoms with E-state index in [0.29, 0.717) is 5.56 Å². The van der Waals surface area contributed by atoms with Gasteiger partial charge in [-0.2, -0.15) is 4.98 Å². The van der Waals surface area contributed by atoms with E-state index in [1.54, 1.807) is 30.3 Å². The summed E-state index contributed by atoms with van der Waals surface area (Å²) in [5, 5.41) is 9.75. The maximum absolute atomic E-state index is 11.9. The van der Waals surface area contributed by atoms with Crippen LogP contribution < -0.4 is 45.7 Å². The van der Waals surface area contributed by atoms with Crippen molar-refractivity contribution in [3.8, 4) is 0 Å². The van der Waals surface area contributed by atoms with Crippen LogP contribution in [0.4, 0.5) is 5.95 Å². The molecule has 0 aliphatic carbocycles. The Bertz CT molecular complexity index is 1030. The van der Waals surface area contributed by atoms with Gasteiger partial charge in [0.25, 0.3) is 5.56 Å². The topological polar surface area (TPSA) is 170 Å². The Morgan fingerprint density at radius 3 is 2.61 bits per heavy atom. The summed E-state index contributed by atoms with van der Waals surface area (Å²) >= 11 is 0. The number of aliphatic hydroxyl groups excluding tert-OH is 1. The van der Waals surface area contributed by atoms with Crippen molar-refractivity contribution in [1.29, 1.82) is 0 Å². The van der Waals surface area contributed by atoms with Gasteiger partial charge in [0.05, 0.1) is 6.33 Å². The molecule has 0 aliphatic heterocycles. The molecule has 0 spiro atoms. The molecule has 3 rings (SSSR count). The predicted octanol–water partition coefficient (Wildman–Crippen LogP) is -3.01. The second-order valence-corrected chi connectivity index (χ2v) is 8.05. The second kappa shape index (κ2) is 9.32. The fraction of sp³-hybridized carbons (Fsp3) is 0.312. The fourth-order valence-electron chi connectivity index (χ4n) is 3.04. The molecule has 2 aromatic heterocycles. The number of hydrogen-bond acceptors (Lipinski definition) is 7. The molecule has 0 fully saturated rings. The molecular formula is C16H19N5NaO5P. The van der Waals surface area contributed by atoms with Gasteiger partial charge in [0.2, 0.25) is 5.95 Å². The van der Waals surface area contributed by atoms with Crippen LogP contribution in [0.15, 0.2) is 41.5 Å². The molecule has 0 saturated carbocycles. The zero-order chi connectivity index (χ0) is 19.6. The second-order valence-electron chi connectivity index (χ2n) is 6.30. The predicted molar refractivity (Wildman–Crippen MR) is 96.8 cm³/mol. The van der Waals surface area contributed by atoms with Crippen molar-refractivity contribution in [3.63, 3.8) is 0 Å². The maximum atomic E-state index is 11.9. The first-order chi connectivity index (χ1) is 12.8. The first-order valence-electron chi connectivity index (χ1n) is 8.19. The van der Waals surface area contributed by atoms with E-state index < -0.39 is 24.7 Å². The Kier molecular flexibility index (Phi) is 7.58. The number of H-pyrrole nitrogens is 1. The zero-order valence-corrected chi connectivity index (χ0v) is 18.1. The molecule has 0 bridgehead atoms. The summed E-state index contributed by atoms with van der Waals surface area (Å²) in [7, 11) is -4.70. The molecule has 3 atom stereocenters. The van der Waals surface area contributed by atoms with Crippen LogP contribution in [0.25, 0.3) is 11.2 Å². The molecule has 5 N–H and O–H groups in total. The Morgan fingerprint density at radius 2 is 2.00 bits per heavy atom. The Morgan fingerprint density at radius 1 is 1.32 bits per heavy atom. The quantitative estimate of drug-likeness (QED) is 0.234. The number of aromatic amines is 1. The van der Waals surface area contributed by atoms with Crippen LogP contribution in [-0.2, 0) is 11.1 Å². The zero-order valence-electron chi connectivity index (χ0n) is 15.2. The van der Waals surface area contributed by atoms with Crippen molar-refractivity contribution < 1.29 is 49.0 Å². The van der Waals surface area contributed by atoms with Gasteiger partial charge in [0.1, 0.15) is 7.60 Å². The normalized spacial score (nSPS) is 15.5. The standard InChI is InChI=1S/C16H20N5O5P.Na/c17-16-19-14-13(15(23)20-16)18-9-21(14)7-10(8-22)6-12(27(24,25)26)11-4-2-1-3-5-11;/h1-5,9-10,12,22H,6-8H2,(H2,24,25,26)(H3,17,19,20,23);/q;+1/p-1. The largest absolute Gasteiger partial charge is 1.00 e. The molecule has 28 heavy (non-hydrogen) atoms. The van der Waals surface area contributed by atoms with Gasteiger partial charge in [-0.15, -0.1) is 0 Å². The molecule has 12 heteroatoms. The molecule has 10 nitrogen and oxygen atoms in total. The monoisotopic (exact) mass is 415 g/mol. The van der Waals surface area contributed by atoms with Crippen molar-refractivity contribution in [3.05, 3.63) is 52.6 Å². The number of anilines is 1. The smallest absolute Gasteiger partial charge is 0.778 e. The summed E-state index contributed by atoms with van der Waals surface area (Å²) in [6.45, 7) is -0.187. The average molecular weight is 415 g/mol.